The van der Waals surface area contributed by atoms with Crippen molar-refractivity contribution < 1.29 is 13.2 Å². The zero-order valence-corrected chi connectivity index (χ0v) is 12.2. The maximum atomic E-state index is 12.0. The summed E-state index contributed by atoms with van der Waals surface area (Å²) in [4.78, 5) is 10.5. The number of fused-ring (bicyclic) bond motifs is 1. The maximum Gasteiger partial charge on any atom is 0.389 e. The predicted molar refractivity (Wildman–Crippen MR) is 75.3 cm³/mol. The molecule has 0 amide bonds. The molecule has 110 valence electrons. The summed E-state index contributed by atoms with van der Waals surface area (Å²) in [6.07, 6.45) is -2.72. The highest BCUT2D eigenvalue weighted by Crippen LogP contribution is 2.32. The summed E-state index contributed by atoms with van der Waals surface area (Å²) in [6, 6.07) is 0. The van der Waals surface area contributed by atoms with E-state index < -0.39 is 12.6 Å². The van der Waals surface area contributed by atoms with Gasteiger partial charge in [-0.1, -0.05) is 0 Å². The van der Waals surface area contributed by atoms with Crippen LogP contribution >= 0.6 is 11.3 Å². The lowest BCUT2D eigenvalue weighted by Crippen LogP contribution is -2.09. The van der Waals surface area contributed by atoms with E-state index in [1.54, 1.807) is 11.3 Å². The van der Waals surface area contributed by atoms with Crippen LogP contribution in [0.4, 0.5) is 19.0 Å². The molecule has 0 saturated carbocycles. The highest BCUT2D eigenvalue weighted by atomic mass is 32.1. The summed E-state index contributed by atoms with van der Waals surface area (Å²) < 4.78 is 36.1. The number of thiophene rings is 1. The van der Waals surface area contributed by atoms with E-state index in [4.69, 9.17) is 0 Å². The Kier molecular flexibility index (Phi) is 4.47. The van der Waals surface area contributed by atoms with Gasteiger partial charge in [0.1, 0.15) is 17.0 Å². The molecule has 0 aliphatic rings. The van der Waals surface area contributed by atoms with Gasteiger partial charge in [0.05, 0.1) is 5.39 Å². The van der Waals surface area contributed by atoms with Crippen molar-refractivity contribution >= 4 is 27.4 Å². The van der Waals surface area contributed by atoms with Gasteiger partial charge in [-0.05, 0) is 32.3 Å². The average molecular weight is 303 g/mol. The number of alkyl halides is 3. The molecule has 3 nitrogen and oxygen atoms in total. The van der Waals surface area contributed by atoms with Crippen LogP contribution in [0.5, 0.6) is 0 Å². The van der Waals surface area contributed by atoms with E-state index in [9.17, 15) is 13.2 Å². The first-order valence-electron chi connectivity index (χ1n) is 6.40. The molecular formula is C13H16F3N3S. The number of nitrogens with one attached hydrogen (secondary N) is 1. The van der Waals surface area contributed by atoms with Crippen molar-refractivity contribution in [2.75, 3.05) is 11.9 Å². The molecule has 0 bridgehead atoms. The minimum Gasteiger partial charge on any atom is -0.369 e. The second kappa shape index (κ2) is 5.95. The topological polar surface area (TPSA) is 37.8 Å². The van der Waals surface area contributed by atoms with E-state index in [-0.39, 0.29) is 6.42 Å². The summed E-state index contributed by atoms with van der Waals surface area (Å²) >= 11 is 1.60. The van der Waals surface area contributed by atoms with Crippen molar-refractivity contribution in [1.29, 1.82) is 0 Å². The molecule has 2 heterocycles. The van der Waals surface area contributed by atoms with Gasteiger partial charge >= 0.3 is 6.18 Å². The molecule has 0 radical (unpaired) electrons. The molecule has 1 N–H and O–H groups in total. The predicted octanol–water partition coefficient (Wildman–Crippen LogP) is 4.45. The normalized spacial score (nSPS) is 12.1. The van der Waals surface area contributed by atoms with Crippen LogP contribution in [-0.4, -0.2) is 22.7 Å². The molecule has 0 aliphatic heterocycles. The van der Waals surface area contributed by atoms with Gasteiger partial charge in [-0.3, -0.25) is 0 Å². The Balaban J connectivity index is 1.97. The number of halogens is 3. The minimum atomic E-state index is -4.07. The lowest BCUT2D eigenvalue weighted by molar-refractivity contribution is -0.135. The largest absolute Gasteiger partial charge is 0.389 e. The van der Waals surface area contributed by atoms with E-state index >= 15 is 0 Å². The second-order valence-electron chi connectivity index (χ2n) is 4.68. The van der Waals surface area contributed by atoms with Crippen molar-refractivity contribution in [3.8, 4) is 0 Å². The van der Waals surface area contributed by atoms with Crippen LogP contribution in [0.15, 0.2) is 6.33 Å². The van der Waals surface area contributed by atoms with Crippen LogP contribution in [0.1, 0.15) is 29.7 Å². The van der Waals surface area contributed by atoms with Gasteiger partial charge in [-0.25, -0.2) is 9.97 Å². The first-order chi connectivity index (χ1) is 9.38. The van der Waals surface area contributed by atoms with E-state index in [1.165, 1.54) is 11.2 Å². The van der Waals surface area contributed by atoms with Crippen molar-refractivity contribution in [3.05, 3.63) is 16.8 Å². The fourth-order valence-electron chi connectivity index (χ4n) is 1.97. The Bertz CT molecular complexity index is 592. The van der Waals surface area contributed by atoms with Crippen LogP contribution in [0.3, 0.4) is 0 Å². The monoisotopic (exact) mass is 303 g/mol. The standard InChI is InChI=1S/C13H16F3N3S/c1-8-9(2)20-12-10(8)11(18-7-19-12)17-6-4-3-5-13(14,15)16/h7H,3-6H2,1-2H3,(H,17,18,19). The molecule has 0 aromatic carbocycles. The summed E-state index contributed by atoms with van der Waals surface area (Å²) in [5.74, 6) is 0.712. The van der Waals surface area contributed by atoms with Crippen molar-refractivity contribution in [1.82, 2.24) is 9.97 Å². The second-order valence-corrected chi connectivity index (χ2v) is 5.89. The molecule has 2 aromatic heterocycles. The van der Waals surface area contributed by atoms with Gasteiger partial charge in [0.2, 0.25) is 0 Å². The number of hydrogen-bond donors (Lipinski definition) is 1. The Morgan fingerprint density at radius 2 is 1.95 bits per heavy atom. The van der Waals surface area contributed by atoms with Crippen LogP contribution in [0.2, 0.25) is 0 Å². The number of rotatable bonds is 5. The molecule has 0 unspecified atom stereocenters. The zero-order valence-electron chi connectivity index (χ0n) is 11.3. The van der Waals surface area contributed by atoms with Gasteiger partial charge in [0, 0.05) is 17.8 Å². The molecule has 0 saturated heterocycles. The van der Waals surface area contributed by atoms with Gasteiger partial charge in [-0.2, -0.15) is 13.2 Å². The molecule has 0 fully saturated rings. The molecule has 0 atom stereocenters. The summed E-state index contributed by atoms with van der Waals surface area (Å²) in [7, 11) is 0. The van der Waals surface area contributed by atoms with Gasteiger partial charge in [0.15, 0.2) is 0 Å². The van der Waals surface area contributed by atoms with Gasteiger partial charge < -0.3 is 5.32 Å². The summed E-state index contributed by atoms with van der Waals surface area (Å²) in [6.45, 7) is 4.51. The van der Waals surface area contributed by atoms with E-state index in [2.05, 4.69) is 15.3 Å². The summed E-state index contributed by atoms with van der Waals surface area (Å²) in [5, 5.41) is 4.09. The van der Waals surface area contributed by atoms with Crippen molar-refractivity contribution in [2.24, 2.45) is 0 Å². The van der Waals surface area contributed by atoms with Crippen LogP contribution in [0.25, 0.3) is 10.2 Å². The first kappa shape index (κ1) is 15.0. The Labute approximate surface area is 119 Å². The van der Waals surface area contributed by atoms with Crippen molar-refractivity contribution in [3.63, 3.8) is 0 Å². The minimum absolute atomic E-state index is 0.131. The third-order valence-corrected chi connectivity index (χ3v) is 4.26. The molecule has 0 spiro atoms. The molecule has 0 aliphatic carbocycles. The van der Waals surface area contributed by atoms with Gasteiger partial charge in [-0.15, -0.1) is 11.3 Å². The zero-order chi connectivity index (χ0) is 14.8. The summed E-state index contributed by atoms with van der Waals surface area (Å²) in [5.41, 5.74) is 1.13. The lowest BCUT2D eigenvalue weighted by Gasteiger charge is -2.08. The van der Waals surface area contributed by atoms with Gasteiger partial charge in [0.25, 0.3) is 0 Å². The quantitative estimate of drug-likeness (QED) is 0.829. The first-order valence-corrected chi connectivity index (χ1v) is 7.21. The van der Waals surface area contributed by atoms with Crippen LogP contribution in [-0.2, 0) is 0 Å². The maximum absolute atomic E-state index is 12.0. The molecule has 2 aromatic rings. The third-order valence-electron chi connectivity index (χ3n) is 3.14. The van der Waals surface area contributed by atoms with Crippen LogP contribution in [0, 0.1) is 13.8 Å². The molecular weight excluding hydrogens is 287 g/mol. The fraction of sp³-hybridized carbons (Fsp3) is 0.538. The number of nitrogens with zero attached hydrogens (tertiary/aromatic N) is 2. The smallest absolute Gasteiger partial charge is 0.369 e. The Hall–Kier alpha value is -1.37. The molecule has 7 heteroatoms. The highest BCUT2D eigenvalue weighted by molar-refractivity contribution is 7.18. The highest BCUT2D eigenvalue weighted by Gasteiger charge is 2.25. The third kappa shape index (κ3) is 3.59. The van der Waals surface area contributed by atoms with E-state index in [0.29, 0.717) is 18.8 Å². The molecule has 2 rings (SSSR count). The fourth-order valence-corrected chi connectivity index (χ4v) is 2.97. The van der Waals surface area contributed by atoms with E-state index in [1.807, 2.05) is 13.8 Å². The number of unbranched alkanes of at least 4 members (excludes halogenated alkanes) is 1. The number of hydrogen-bond acceptors (Lipinski definition) is 4. The van der Waals surface area contributed by atoms with Crippen LogP contribution < -0.4 is 5.32 Å². The van der Waals surface area contributed by atoms with Crippen molar-refractivity contribution in [2.45, 2.75) is 39.3 Å². The number of anilines is 1. The van der Waals surface area contributed by atoms with E-state index in [0.717, 1.165) is 15.8 Å². The molecule has 20 heavy (non-hydrogen) atoms. The number of aryl methyl sites for hydroxylation is 2. The average Bonchev–Trinajstić information content (AvgIpc) is 2.64. The number of aromatic nitrogens is 2. The Morgan fingerprint density at radius 1 is 1.20 bits per heavy atom. The Morgan fingerprint density at radius 3 is 2.65 bits per heavy atom. The lowest BCUT2D eigenvalue weighted by atomic mass is 10.2. The SMILES string of the molecule is Cc1sc2ncnc(NCCCCC(F)(F)F)c2c1C.